The summed E-state index contributed by atoms with van der Waals surface area (Å²) in [5.74, 6) is 6.05. The average Bonchev–Trinajstić information content (AvgIpc) is 2.77. The highest BCUT2D eigenvalue weighted by atomic mass is 14.9. The zero-order valence-electron chi connectivity index (χ0n) is 11.3. The van der Waals surface area contributed by atoms with Crippen LogP contribution in [-0.2, 0) is 13.1 Å². The second-order valence-electron chi connectivity index (χ2n) is 4.76. The highest BCUT2D eigenvalue weighted by Gasteiger charge is 2.05. The van der Waals surface area contributed by atoms with Crippen LogP contribution in [0, 0.1) is 11.8 Å². The predicted molar refractivity (Wildman–Crippen MR) is 77.4 cm³/mol. The van der Waals surface area contributed by atoms with Crippen molar-refractivity contribution in [2.24, 2.45) is 0 Å². The first-order valence-electron chi connectivity index (χ1n) is 6.42. The lowest BCUT2D eigenvalue weighted by Gasteiger charge is -2.09. The fourth-order valence-electron chi connectivity index (χ4n) is 2.06. The third-order valence-corrected chi connectivity index (χ3v) is 3.03. The van der Waals surface area contributed by atoms with E-state index in [-0.39, 0.29) is 0 Å². The van der Waals surface area contributed by atoms with Crippen LogP contribution in [-0.4, -0.2) is 10.6 Å². The Morgan fingerprint density at radius 2 is 2.11 bits per heavy atom. The van der Waals surface area contributed by atoms with Crippen LogP contribution in [0.5, 0.6) is 0 Å². The van der Waals surface area contributed by atoms with Crippen LogP contribution in [0.3, 0.4) is 0 Å². The molecule has 1 N–H and O–H groups in total. The first-order valence-corrected chi connectivity index (χ1v) is 6.42. The van der Waals surface area contributed by atoms with Crippen molar-refractivity contribution >= 4 is 10.9 Å². The van der Waals surface area contributed by atoms with Crippen molar-refractivity contribution in [3.8, 4) is 11.8 Å². The molecule has 1 aromatic heterocycles. The number of hydrogen-bond acceptors (Lipinski definition) is 1. The number of benzene rings is 1. The SMILES string of the molecule is CC#CCn1ccc2c(CNC(C)C)cccc21. The minimum atomic E-state index is 0.508. The van der Waals surface area contributed by atoms with Crippen molar-refractivity contribution in [3.63, 3.8) is 0 Å². The number of hydrogen-bond donors (Lipinski definition) is 1. The molecule has 0 aliphatic heterocycles. The first-order chi connectivity index (χ1) is 8.72. The molecule has 2 rings (SSSR count). The van der Waals surface area contributed by atoms with Crippen molar-refractivity contribution in [2.45, 2.75) is 39.9 Å². The fraction of sp³-hybridized carbons (Fsp3) is 0.375. The molecule has 2 nitrogen and oxygen atoms in total. The van der Waals surface area contributed by atoms with E-state index in [1.807, 2.05) is 6.92 Å². The van der Waals surface area contributed by atoms with Gasteiger partial charge in [0.15, 0.2) is 0 Å². The summed E-state index contributed by atoms with van der Waals surface area (Å²) in [5.41, 5.74) is 2.62. The fourth-order valence-corrected chi connectivity index (χ4v) is 2.06. The second kappa shape index (κ2) is 5.75. The maximum Gasteiger partial charge on any atom is 0.0837 e. The molecule has 2 heteroatoms. The average molecular weight is 240 g/mol. The molecule has 0 amide bonds. The zero-order chi connectivity index (χ0) is 13.0. The van der Waals surface area contributed by atoms with E-state index in [0.717, 1.165) is 13.1 Å². The van der Waals surface area contributed by atoms with Gasteiger partial charge in [-0.15, -0.1) is 5.92 Å². The lowest BCUT2D eigenvalue weighted by molar-refractivity contribution is 0.590. The van der Waals surface area contributed by atoms with Crippen molar-refractivity contribution in [1.82, 2.24) is 9.88 Å². The molecule has 0 spiro atoms. The van der Waals surface area contributed by atoms with Crippen LogP contribution in [0.1, 0.15) is 26.3 Å². The largest absolute Gasteiger partial charge is 0.336 e. The quantitative estimate of drug-likeness (QED) is 0.812. The summed E-state index contributed by atoms with van der Waals surface area (Å²) in [7, 11) is 0. The van der Waals surface area contributed by atoms with E-state index in [0.29, 0.717) is 6.04 Å². The third kappa shape index (κ3) is 2.75. The molecule has 18 heavy (non-hydrogen) atoms. The van der Waals surface area contributed by atoms with Gasteiger partial charge in [0.05, 0.1) is 6.54 Å². The molecular formula is C16H20N2. The zero-order valence-corrected chi connectivity index (χ0v) is 11.3. The van der Waals surface area contributed by atoms with E-state index < -0.39 is 0 Å². The number of nitrogens with zero attached hydrogens (tertiary/aromatic N) is 1. The van der Waals surface area contributed by atoms with Crippen LogP contribution in [0.4, 0.5) is 0 Å². The number of aromatic nitrogens is 1. The minimum absolute atomic E-state index is 0.508. The molecule has 0 fully saturated rings. The van der Waals surface area contributed by atoms with Crippen molar-refractivity contribution in [1.29, 1.82) is 0 Å². The molecule has 0 saturated heterocycles. The Morgan fingerprint density at radius 3 is 2.83 bits per heavy atom. The molecular weight excluding hydrogens is 220 g/mol. The van der Waals surface area contributed by atoms with E-state index >= 15 is 0 Å². The Bertz CT molecular complexity index is 582. The van der Waals surface area contributed by atoms with Gasteiger partial charge in [-0.1, -0.05) is 31.9 Å². The van der Waals surface area contributed by atoms with Crippen LogP contribution >= 0.6 is 0 Å². The van der Waals surface area contributed by atoms with Crippen LogP contribution in [0.2, 0.25) is 0 Å². The highest BCUT2D eigenvalue weighted by Crippen LogP contribution is 2.20. The van der Waals surface area contributed by atoms with Crippen LogP contribution in [0.25, 0.3) is 10.9 Å². The monoisotopic (exact) mass is 240 g/mol. The van der Waals surface area contributed by atoms with Gasteiger partial charge >= 0.3 is 0 Å². The maximum atomic E-state index is 3.47. The van der Waals surface area contributed by atoms with Gasteiger partial charge in [-0.05, 0) is 24.6 Å². The molecule has 94 valence electrons. The summed E-state index contributed by atoms with van der Waals surface area (Å²) >= 11 is 0. The van der Waals surface area contributed by atoms with Gasteiger partial charge in [0.25, 0.3) is 0 Å². The first kappa shape index (κ1) is 12.7. The highest BCUT2D eigenvalue weighted by molar-refractivity contribution is 5.83. The minimum Gasteiger partial charge on any atom is -0.336 e. The van der Waals surface area contributed by atoms with Crippen molar-refractivity contribution in [3.05, 3.63) is 36.0 Å². The summed E-state index contributed by atoms with van der Waals surface area (Å²) in [6.07, 6.45) is 2.12. The standard InChI is InChI=1S/C16H20N2/c1-4-5-10-18-11-9-15-14(12-17-13(2)3)7-6-8-16(15)18/h6-9,11,13,17H,10,12H2,1-3H3. The summed E-state index contributed by atoms with van der Waals surface area (Å²) in [6.45, 7) is 7.90. The maximum absolute atomic E-state index is 3.47. The molecule has 0 aliphatic rings. The summed E-state index contributed by atoms with van der Waals surface area (Å²) in [5, 5.41) is 4.79. The summed E-state index contributed by atoms with van der Waals surface area (Å²) in [6, 6.07) is 9.16. The third-order valence-electron chi connectivity index (χ3n) is 3.03. The van der Waals surface area contributed by atoms with Crippen molar-refractivity contribution < 1.29 is 0 Å². The van der Waals surface area contributed by atoms with Gasteiger partial charge < -0.3 is 9.88 Å². The van der Waals surface area contributed by atoms with E-state index in [9.17, 15) is 0 Å². The predicted octanol–water partition coefficient (Wildman–Crippen LogP) is 3.16. The van der Waals surface area contributed by atoms with Gasteiger partial charge in [-0.25, -0.2) is 0 Å². The smallest absolute Gasteiger partial charge is 0.0837 e. The molecule has 1 aromatic carbocycles. The second-order valence-corrected chi connectivity index (χ2v) is 4.76. The Kier molecular flexibility index (Phi) is 4.07. The number of fused-ring (bicyclic) bond motifs is 1. The molecule has 0 aliphatic carbocycles. The Labute approximate surface area is 109 Å². The van der Waals surface area contributed by atoms with Gasteiger partial charge in [0, 0.05) is 29.7 Å². The molecule has 0 bridgehead atoms. The van der Waals surface area contributed by atoms with Gasteiger partial charge in [0.2, 0.25) is 0 Å². The summed E-state index contributed by atoms with van der Waals surface area (Å²) in [4.78, 5) is 0. The number of rotatable bonds is 4. The lowest BCUT2D eigenvalue weighted by Crippen LogP contribution is -2.21. The number of nitrogens with one attached hydrogen (secondary N) is 1. The molecule has 2 aromatic rings. The lowest BCUT2D eigenvalue weighted by atomic mass is 10.1. The Morgan fingerprint density at radius 1 is 1.28 bits per heavy atom. The Hall–Kier alpha value is -1.72. The van der Waals surface area contributed by atoms with Gasteiger partial charge in [0.1, 0.15) is 0 Å². The van der Waals surface area contributed by atoms with E-state index in [1.165, 1.54) is 16.5 Å². The molecule has 0 unspecified atom stereocenters. The summed E-state index contributed by atoms with van der Waals surface area (Å²) < 4.78 is 2.20. The molecule has 1 heterocycles. The molecule has 0 saturated carbocycles. The van der Waals surface area contributed by atoms with Crippen LogP contribution in [0.15, 0.2) is 30.5 Å². The molecule has 0 atom stereocenters. The van der Waals surface area contributed by atoms with Crippen molar-refractivity contribution in [2.75, 3.05) is 0 Å². The van der Waals surface area contributed by atoms with Gasteiger partial charge in [-0.2, -0.15) is 0 Å². The van der Waals surface area contributed by atoms with E-state index in [4.69, 9.17) is 0 Å². The molecule has 0 radical (unpaired) electrons. The Balaban J connectivity index is 2.31. The topological polar surface area (TPSA) is 17.0 Å². The van der Waals surface area contributed by atoms with Gasteiger partial charge in [-0.3, -0.25) is 0 Å². The van der Waals surface area contributed by atoms with E-state index in [2.05, 4.69) is 66.0 Å². The normalized spacial score (nSPS) is 10.7. The van der Waals surface area contributed by atoms with Crippen LogP contribution < -0.4 is 5.32 Å². The van der Waals surface area contributed by atoms with E-state index in [1.54, 1.807) is 0 Å².